The molecule has 1 spiro atoms. The lowest BCUT2D eigenvalue weighted by molar-refractivity contribution is -0.0860. The summed E-state index contributed by atoms with van der Waals surface area (Å²) in [6.07, 6.45) is 5.41. The topological polar surface area (TPSA) is 73.7 Å². The summed E-state index contributed by atoms with van der Waals surface area (Å²) < 4.78 is 39.6. The highest BCUT2D eigenvalue weighted by molar-refractivity contribution is 7.89. The van der Waals surface area contributed by atoms with E-state index in [9.17, 15) is 8.42 Å². The largest absolute Gasteiger partial charge is 0.377 e. The van der Waals surface area contributed by atoms with Crippen molar-refractivity contribution < 1.29 is 17.9 Å². The Morgan fingerprint density at radius 2 is 2.32 bits per heavy atom. The molecule has 0 bridgehead atoms. The number of aromatic nitrogens is 2. The molecule has 0 saturated carbocycles. The summed E-state index contributed by atoms with van der Waals surface area (Å²) in [5.74, 6) is 0.111. The standard InChI is InChI=1S/C14H23N3O4S/c1-2-22(18,19)17-8-9-20-12-14(11-17)5-4-13(21-14)10-16-7-3-6-15-16/h3,6-7,13H,2,4-5,8-12H2,1H3/t13-,14-/m1/s1. The Kier molecular flexibility index (Phi) is 4.54. The zero-order valence-electron chi connectivity index (χ0n) is 12.8. The molecular formula is C14H23N3O4S. The highest BCUT2D eigenvalue weighted by Crippen LogP contribution is 2.34. The van der Waals surface area contributed by atoms with Gasteiger partial charge < -0.3 is 9.47 Å². The van der Waals surface area contributed by atoms with E-state index in [1.807, 2.05) is 16.9 Å². The highest BCUT2D eigenvalue weighted by Gasteiger charge is 2.45. The number of rotatable bonds is 4. The second-order valence-corrected chi connectivity index (χ2v) is 8.23. The van der Waals surface area contributed by atoms with Crippen LogP contribution in [-0.2, 0) is 26.0 Å². The first-order valence-corrected chi connectivity index (χ1v) is 9.35. The van der Waals surface area contributed by atoms with E-state index in [-0.39, 0.29) is 11.9 Å². The molecule has 2 atom stereocenters. The Bertz CT molecular complexity index is 589. The molecule has 0 aromatic carbocycles. The summed E-state index contributed by atoms with van der Waals surface area (Å²) >= 11 is 0. The molecule has 0 radical (unpaired) electrons. The van der Waals surface area contributed by atoms with Crippen LogP contribution in [0.5, 0.6) is 0 Å². The van der Waals surface area contributed by atoms with Crippen molar-refractivity contribution in [2.45, 2.75) is 38.0 Å². The summed E-state index contributed by atoms with van der Waals surface area (Å²) in [6, 6.07) is 1.88. The maximum atomic E-state index is 12.2. The summed E-state index contributed by atoms with van der Waals surface area (Å²) in [7, 11) is -3.22. The van der Waals surface area contributed by atoms with E-state index in [1.165, 1.54) is 4.31 Å². The van der Waals surface area contributed by atoms with Gasteiger partial charge in [0.2, 0.25) is 10.0 Å². The average molecular weight is 329 g/mol. The van der Waals surface area contributed by atoms with Crippen LogP contribution in [0.15, 0.2) is 18.5 Å². The van der Waals surface area contributed by atoms with Crippen molar-refractivity contribution in [2.24, 2.45) is 0 Å². The smallest absolute Gasteiger partial charge is 0.214 e. The lowest BCUT2D eigenvalue weighted by Crippen LogP contribution is -2.47. The van der Waals surface area contributed by atoms with Crippen molar-refractivity contribution in [1.29, 1.82) is 0 Å². The van der Waals surface area contributed by atoms with Crippen LogP contribution in [0.25, 0.3) is 0 Å². The Morgan fingerprint density at radius 3 is 3.05 bits per heavy atom. The van der Waals surface area contributed by atoms with E-state index >= 15 is 0 Å². The average Bonchev–Trinajstić information content (AvgIpc) is 3.07. The van der Waals surface area contributed by atoms with Crippen LogP contribution in [0.4, 0.5) is 0 Å². The van der Waals surface area contributed by atoms with Crippen molar-refractivity contribution in [3.05, 3.63) is 18.5 Å². The van der Waals surface area contributed by atoms with Gasteiger partial charge in [0, 0.05) is 25.5 Å². The molecule has 124 valence electrons. The second kappa shape index (κ2) is 6.27. The molecule has 0 aliphatic carbocycles. The first kappa shape index (κ1) is 15.9. The third-order valence-electron chi connectivity index (χ3n) is 4.36. The molecule has 2 fully saturated rings. The summed E-state index contributed by atoms with van der Waals surface area (Å²) in [6.45, 7) is 4.04. The minimum atomic E-state index is -3.22. The fourth-order valence-corrected chi connectivity index (χ4v) is 4.30. The van der Waals surface area contributed by atoms with Crippen molar-refractivity contribution in [2.75, 3.05) is 32.1 Å². The first-order valence-electron chi connectivity index (χ1n) is 7.74. The van der Waals surface area contributed by atoms with Gasteiger partial charge in [-0.3, -0.25) is 4.68 Å². The Morgan fingerprint density at radius 1 is 1.45 bits per heavy atom. The van der Waals surface area contributed by atoms with Crippen molar-refractivity contribution in [1.82, 2.24) is 14.1 Å². The number of sulfonamides is 1. The minimum absolute atomic E-state index is 0.0489. The molecular weight excluding hydrogens is 306 g/mol. The quantitative estimate of drug-likeness (QED) is 0.803. The lowest BCUT2D eigenvalue weighted by Gasteiger charge is -2.31. The lowest BCUT2D eigenvalue weighted by atomic mass is 10.0. The molecule has 2 aliphatic rings. The van der Waals surface area contributed by atoms with Crippen LogP contribution >= 0.6 is 0 Å². The first-order chi connectivity index (χ1) is 10.5. The van der Waals surface area contributed by atoms with Gasteiger partial charge in [-0.15, -0.1) is 0 Å². The van der Waals surface area contributed by atoms with Crippen molar-refractivity contribution in [3.63, 3.8) is 0 Å². The van der Waals surface area contributed by atoms with Gasteiger partial charge in [-0.05, 0) is 25.8 Å². The number of hydrogen-bond acceptors (Lipinski definition) is 5. The molecule has 7 nitrogen and oxygen atoms in total. The van der Waals surface area contributed by atoms with Gasteiger partial charge in [-0.1, -0.05) is 0 Å². The van der Waals surface area contributed by atoms with E-state index in [1.54, 1.807) is 13.1 Å². The number of hydrogen-bond donors (Lipinski definition) is 0. The molecule has 1 aromatic heterocycles. The molecule has 3 rings (SSSR count). The fraction of sp³-hybridized carbons (Fsp3) is 0.786. The summed E-state index contributed by atoms with van der Waals surface area (Å²) in [5.41, 5.74) is -0.517. The molecule has 0 amide bonds. The predicted molar refractivity (Wildman–Crippen MR) is 80.9 cm³/mol. The maximum absolute atomic E-state index is 12.2. The van der Waals surface area contributed by atoms with Crippen LogP contribution in [0.1, 0.15) is 19.8 Å². The molecule has 0 unspecified atom stereocenters. The Labute approximate surface area is 131 Å². The van der Waals surface area contributed by atoms with Crippen LogP contribution in [0.2, 0.25) is 0 Å². The van der Waals surface area contributed by atoms with E-state index in [4.69, 9.17) is 9.47 Å². The highest BCUT2D eigenvalue weighted by atomic mass is 32.2. The minimum Gasteiger partial charge on any atom is -0.377 e. The molecule has 2 aliphatic heterocycles. The zero-order chi connectivity index (χ0) is 15.6. The second-order valence-electron chi connectivity index (χ2n) is 5.98. The Balaban J connectivity index is 1.69. The molecule has 8 heteroatoms. The van der Waals surface area contributed by atoms with Crippen LogP contribution in [0.3, 0.4) is 0 Å². The van der Waals surface area contributed by atoms with E-state index in [0.29, 0.717) is 32.8 Å². The van der Waals surface area contributed by atoms with Crippen LogP contribution in [0, 0.1) is 0 Å². The van der Waals surface area contributed by atoms with Gasteiger partial charge in [0.1, 0.15) is 5.60 Å². The van der Waals surface area contributed by atoms with Crippen molar-refractivity contribution >= 4 is 10.0 Å². The van der Waals surface area contributed by atoms with Gasteiger partial charge in [-0.25, -0.2) is 8.42 Å². The van der Waals surface area contributed by atoms with Gasteiger partial charge in [-0.2, -0.15) is 9.40 Å². The van der Waals surface area contributed by atoms with Gasteiger partial charge >= 0.3 is 0 Å². The van der Waals surface area contributed by atoms with Crippen LogP contribution < -0.4 is 0 Å². The zero-order valence-corrected chi connectivity index (χ0v) is 13.7. The molecule has 2 saturated heterocycles. The van der Waals surface area contributed by atoms with Crippen molar-refractivity contribution in [3.8, 4) is 0 Å². The molecule has 22 heavy (non-hydrogen) atoms. The monoisotopic (exact) mass is 329 g/mol. The van der Waals surface area contributed by atoms with Gasteiger partial charge in [0.15, 0.2) is 0 Å². The van der Waals surface area contributed by atoms with Crippen LogP contribution in [-0.4, -0.2) is 66.3 Å². The summed E-state index contributed by atoms with van der Waals surface area (Å²) in [5, 5.41) is 4.20. The fourth-order valence-electron chi connectivity index (χ4n) is 3.15. The van der Waals surface area contributed by atoms with E-state index in [0.717, 1.165) is 12.8 Å². The van der Waals surface area contributed by atoms with Gasteiger partial charge in [0.05, 0.1) is 31.6 Å². The SMILES string of the molecule is CCS(=O)(=O)N1CCOC[C@@]2(CC[C@H](Cn3cccn3)O2)C1. The Hall–Kier alpha value is -0.960. The maximum Gasteiger partial charge on any atom is 0.214 e. The van der Waals surface area contributed by atoms with Gasteiger partial charge in [0.25, 0.3) is 0 Å². The van der Waals surface area contributed by atoms with E-state index in [2.05, 4.69) is 5.10 Å². The van der Waals surface area contributed by atoms with E-state index < -0.39 is 15.6 Å². The predicted octanol–water partition coefficient (Wildman–Crippen LogP) is 0.483. The third-order valence-corrected chi connectivity index (χ3v) is 6.19. The number of ether oxygens (including phenoxy) is 2. The normalized spacial score (nSPS) is 30.7. The number of nitrogens with zero attached hydrogens (tertiary/aromatic N) is 3. The third kappa shape index (κ3) is 3.34. The molecule has 0 N–H and O–H groups in total. The summed E-state index contributed by atoms with van der Waals surface area (Å²) in [4.78, 5) is 0. The molecule has 3 heterocycles. The molecule has 1 aromatic rings.